The van der Waals surface area contributed by atoms with Gasteiger partial charge in [0.05, 0.1) is 5.43 Å². The number of aromatic amines is 1. The minimum absolute atomic E-state index is 0. The van der Waals surface area contributed by atoms with Gasteiger partial charge in [0, 0.05) is 32.7 Å². The van der Waals surface area contributed by atoms with E-state index in [0.717, 1.165) is 6.20 Å². The first-order valence-electron chi connectivity index (χ1n) is 2.35. The number of nitrogens with zero attached hydrogens (tertiary/aromatic N) is 1. The Morgan fingerprint density at radius 1 is 1.80 bits per heavy atom. The first-order chi connectivity index (χ1) is 4.33. The summed E-state index contributed by atoms with van der Waals surface area (Å²) in [6.07, 6.45) is 2.36. The van der Waals surface area contributed by atoms with Crippen LogP contribution in [0.5, 0.6) is 0 Å². The van der Waals surface area contributed by atoms with Crippen molar-refractivity contribution in [2.45, 2.75) is 0 Å². The number of nitrogens with one attached hydrogen (secondary N) is 1. The van der Waals surface area contributed by atoms with Crippen molar-refractivity contribution >= 4 is 6.08 Å². The second kappa shape index (κ2) is 4.53. The summed E-state index contributed by atoms with van der Waals surface area (Å²) in [5.41, 5.74) is 0.132. The maximum Gasteiger partial charge on any atom is 0.0712 e. The van der Waals surface area contributed by atoms with Crippen LogP contribution in [0.25, 0.3) is 6.08 Å². The van der Waals surface area contributed by atoms with E-state index in [4.69, 9.17) is 6.58 Å². The van der Waals surface area contributed by atoms with Crippen molar-refractivity contribution in [3.8, 4) is 0 Å². The Balaban J connectivity index is 0.000000810. The molecule has 0 unspecified atom stereocenters. The number of hydrogen-bond acceptors (Lipinski definition) is 2. The van der Waals surface area contributed by atoms with E-state index in [1.807, 2.05) is 0 Å². The van der Waals surface area contributed by atoms with Gasteiger partial charge >= 0.3 is 0 Å². The Morgan fingerprint density at radius 2 is 2.50 bits per heavy atom. The largest absolute Gasteiger partial charge is 0.393 e. The van der Waals surface area contributed by atoms with Gasteiger partial charge in [-0.25, -0.2) is 11.8 Å². The zero-order chi connectivity index (χ0) is 6.69. The molecule has 0 amide bonds. The van der Waals surface area contributed by atoms with Gasteiger partial charge in [-0.2, -0.15) is 0 Å². The van der Waals surface area contributed by atoms with E-state index in [2.05, 4.69) is 16.3 Å². The predicted molar refractivity (Wildman–Crippen MR) is 32.5 cm³/mol. The van der Waals surface area contributed by atoms with Crippen molar-refractivity contribution in [2.75, 3.05) is 0 Å². The summed E-state index contributed by atoms with van der Waals surface area (Å²) in [5, 5.41) is 5.95. The smallest absolute Gasteiger partial charge is 0.0712 e. The third-order valence-electron chi connectivity index (χ3n) is 0.791. The Labute approximate surface area is 83.4 Å². The third-order valence-corrected chi connectivity index (χ3v) is 0.791. The Morgan fingerprint density at radius 3 is 2.90 bits per heavy atom. The van der Waals surface area contributed by atoms with Gasteiger partial charge < -0.3 is 22.5 Å². The second-order valence-corrected chi connectivity index (χ2v) is 1.44. The van der Waals surface area contributed by atoms with E-state index < -0.39 is 0 Å². The molecule has 0 atom stereocenters. The topological polar surface area (TPSA) is 45.8 Å². The minimum atomic E-state index is -0.273. The fraction of sp³-hybridized carbons (Fsp3) is 0. The van der Waals surface area contributed by atoms with E-state index in [1.54, 1.807) is 0 Å². The van der Waals surface area contributed by atoms with Crippen LogP contribution in [-0.4, -0.2) is 10.2 Å². The summed E-state index contributed by atoms with van der Waals surface area (Å²) in [5.74, 6) is 0. The molecule has 1 aromatic heterocycles. The third kappa shape index (κ3) is 2.54. The van der Waals surface area contributed by atoms with E-state index in [1.165, 1.54) is 6.08 Å². The van der Waals surface area contributed by atoms with E-state index in [-0.39, 0.29) is 38.1 Å². The molecule has 1 heterocycles. The van der Waals surface area contributed by atoms with Crippen LogP contribution in [0.1, 0.15) is 5.69 Å². The predicted octanol–water partition coefficient (Wildman–Crippen LogP) is 0.0138. The van der Waals surface area contributed by atoms with Gasteiger partial charge in [-0.1, -0.05) is 0 Å². The molecule has 0 saturated carbocycles. The fourth-order valence-corrected chi connectivity index (χ4v) is 0.432. The number of H-pyrrole nitrogens is 1. The number of aromatic nitrogens is 2. The Kier molecular flexibility index (Phi) is 4.40. The molecular weight excluding hydrogens is 205 g/mol. The molecule has 1 rings (SSSR count). The van der Waals surface area contributed by atoms with Crippen molar-refractivity contribution in [2.24, 2.45) is 0 Å². The molecule has 49 valence electrons. The molecule has 0 bridgehead atoms. The van der Waals surface area contributed by atoms with Crippen molar-refractivity contribution in [1.82, 2.24) is 10.2 Å². The maximum absolute atomic E-state index is 10.4. The van der Waals surface area contributed by atoms with E-state index >= 15 is 0 Å². The normalized spacial score (nSPS) is 8.00. The van der Waals surface area contributed by atoms with Crippen LogP contribution in [-0.2, 0) is 32.7 Å². The molecule has 0 saturated heterocycles. The standard InChI is InChI=1S/C6H4N2O.Y/c1-2-5-3-6(9)4-7-8-5;/h1-2,4H,(H,8,9);/q-2;. The first-order valence-corrected chi connectivity index (χ1v) is 2.35. The summed E-state index contributed by atoms with van der Waals surface area (Å²) in [4.78, 5) is 10.4. The minimum Gasteiger partial charge on any atom is -0.393 e. The SMILES string of the molecule is [CH-]=Cc1[c-]c(=O)cn[nH]1.[Y]. The van der Waals surface area contributed by atoms with Crippen LogP contribution < -0.4 is 5.43 Å². The molecule has 10 heavy (non-hydrogen) atoms. The van der Waals surface area contributed by atoms with Gasteiger partial charge in [0.25, 0.3) is 0 Å². The monoisotopic (exact) mass is 209 g/mol. The van der Waals surface area contributed by atoms with Gasteiger partial charge in [0.1, 0.15) is 0 Å². The molecule has 1 radical (unpaired) electrons. The zero-order valence-corrected chi connectivity index (χ0v) is 8.00. The molecule has 0 spiro atoms. The molecule has 0 aliphatic heterocycles. The van der Waals surface area contributed by atoms with Gasteiger partial charge in [0.2, 0.25) is 0 Å². The summed E-state index contributed by atoms with van der Waals surface area (Å²) < 4.78 is 0. The average Bonchev–Trinajstić information content (AvgIpc) is 1.88. The summed E-state index contributed by atoms with van der Waals surface area (Å²) in [6.45, 7) is 5.05. The van der Waals surface area contributed by atoms with Crippen molar-refractivity contribution in [1.29, 1.82) is 0 Å². The second-order valence-electron chi connectivity index (χ2n) is 1.44. The molecule has 3 nitrogen and oxygen atoms in total. The molecule has 0 fully saturated rings. The summed E-state index contributed by atoms with van der Waals surface area (Å²) >= 11 is 0. The quantitative estimate of drug-likeness (QED) is 0.662. The van der Waals surface area contributed by atoms with Gasteiger partial charge in [-0.15, -0.1) is 0 Å². The van der Waals surface area contributed by atoms with E-state index in [0.29, 0.717) is 5.69 Å². The Bertz CT molecular complexity index is 268. The van der Waals surface area contributed by atoms with Crippen LogP contribution in [0.3, 0.4) is 0 Å². The zero-order valence-electron chi connectivity index (χ0n) is 5.16. The Hall–Kier alpha value is -0.276. The molecule has 0 aromatic carbocycles. The first kappa shape index (κ1) is 9.72. The van der Waals surface area contributed by atoms with Gasteiger partial charge in [-0.05, 0) is 6.20 Å². The van der Waals surface area contributed by atoms with Crippen LogP contribution in [0, 0.1) is 12.6 Å². The van der Waals surface area contributed by atoms with Crippen molar-refractivity contribution < 1.29 is 32.7 Å². The van der Waals surface area contributed by atoms with Gasteiger partial charge in [0.15, 0.2) is 0 Å². The molecule has 0 aliphatic rings. The van der Waals surface area contributed by atoms with Crippen LogP contribution >= 0.6 is 0 Å². The molecule has 4 heteroatoms. The average molecular weight is 209 g/mol. The number of hydrogen-bond donors (Lipinski definition) is 1. The van der Waals surface area contributed by atoms with Crippen LogP contribution in [0.2, 0.25) is 0 Å². The van der Waals surface area contributed by atoms with E-state index in [9.17, 15) is 4.79 Å². The van der Waals surface area contributed by atoms with Crippen molar-refractivity contribution in [3.05, 3.63) is 34.8 Å². The maximum atomic E-state index is 10.4. The van der Waals surface area contributed by atoms with Crippen LogP contribution in [0.4, 0.5) is 0 Å². The number of rotatable bonds is 1. The van der Waals surface area contributed by atoms with Gasteiger partial charge in [-0.3, -0.25) is 5.10 Å². The van der Waals surface area contributed by atoms with Crippen molar-refractivity contribution in [3.63, 3.8) is 0 Å². The molecule has 1 aromatic rings. The summed E-state index contributed by atoms with van der Waals surface area (Å²) in [6, 6.07) is 2.40. The molecular formula is C6H4N2OY-2. The molecule has 1 N–H and O–H groups in total. The molecule has 0 aliphatic carbocycles. The summed E-state index contributed by atoms with van der Waals surface area (Å²) in [7, 11) is 0. The fourth-order valence-electron chi connectivity index (χ4n) is 0.432. The van der Waals surface area contributed by atoms with Crippen LogP contribution in [0.15, 0.2) is 11.0 Å².